The molecule has 15 aromatic rings. The van der Waals surface area contributed by atoms with E-state index in [2.05, 4.69) is 141 Å². The molecule has 11 heterocycles. The molecule has 25 rings (SSSR count). The fourth-order valence-electron chi connectivity index (χ4n) is 24.0. The highest BCUT2D eigenvalue weighted by molar-refractivity contribution is 9.10. The van der Waals surface area contributed by atoms with E-state index in [1.165, 1.54) is 123 Å². The molecule has 0 amide bonds. The van der Waals surface area contributed by atoms with E-state index in [1.807, 2.05) is 115 Å². The number of nitrogens with one attached hydrogen (secondary N) is 5. The molecular weight excluding hydrogens is 2050 g/mol. The Hall–Kier alpha value is -13.1. The molecule has 10 aliphatic rings. The maximum atomic E-state index is 15.0. The molecule has 6 atom stereocenters. The first-order valence-electron chi connectivity index (χ1n) is 53.5. The van der Waals surface area contributed by atoms with Crippen LogP contribution >= 0.6 is 55.1 Å². The number of aliphatic imine (C=N–C) groups is 5. The maximum absolute atomic E-state index is 15.0. The molecular formula is C124H122Br2Cl2F3N15O4. The van der Waals surface area contributed by atoms with E-state index < -0.39 is 0 Å². The Morgan fingerprint density at radius 2 is 0.667 bits per heavy atom. The first kappa shape index (κ1) is 103. The van der Waals surface area contributed by atoms with Gasteiger partial charge in [0.25, 0.3) is 0 Å². The van der Waals surface area contributed by atoms with Crippen molar-refractivity contribution in [2.75, 3.05) is 65.4 Å². The third kappa shape index (κ3) is 23.6. The van der Waals surface area contributed by atoms with Gasteiger partial charge in [0, 0.05) is 113 Å². The van der Waals surface area contributed by atoms with Gasteiger partial charge in [0.05, 0.1) is 91.2 Å². The van der Waals surface area contributed by atoms with E-state index in [0.717, 1.165) is 258 Å². The van der Waals surface area contributed by atoms with Crippen molar-refractivity contribution in [3.05, 3.63) is 362 Å². The molecule has 4 aromatic heterocycles. The summed E-state index contributed by atoms with van der Waals surface area (Å²) in [5.74, 6) is 5.49. The average Bonchev–Trinajstić information content (AvgIpc) is 1.56. The molecule has 0 radical (unpaired) electrons. The summed E-state index contributed by atoms with van der Waals surface area (Å²) in [6.07, 6.45) is 32.8. The van der Waals surface area contributed by atoms with Gasteiger partial charge < -0.3 is 54.1 Å². The highest BCUT2D eigenvalue weighted by Crippen LogP contribution is 2.39. The van der Waals surface area contributed by atoms with Gasteiger partial charge in [-0.15, -0.1) is 0 Å². The van der Waals surface area contributed by atoms with Crippen molar-refractivity contribution in [2.24, 2.45) is 36.8 Å². The quantitative estimate of drug-likeness (QED) is 0.0377. The Bertz CT molecular complexity index is 7460. The van der Waals surface area contributed by atoms with E-state index in [4.69, 9.17) is 65.8 Å². The Labute approximate surface area is 900 Å². The minimum Gasteiger partial charge on any atom is -0.464 e. The number of furan rings is 4. The molecule has 11 aromatic carbocycles. The van der Waals surface area contributed by atoms with Crippen LogP contribution < -0.4 is 26.6 Å². The van der Waals surface area contributed by atoms with Crippen LogP contribution in [0.3, 0.4) is 0 Å². The van der Waals surface area contributed by atoms with Gasteiger partial charge in [-0.05, 0) is 348 Å². The summed E-state index contributed by atoms with van der Waals surface area (Å²) in [4.78, 5) is 29.2. The molecule has 5 fully saturated rings. The summed E-state index contributed by atoms with van der Waals surface area (Å²) in [5, 5.41) is 53.8. The summed E-state index contributed by atoms with van der Waals surface area (Å²) in [7, 11) is 0. The third-order valence-electron chi connectivity index (χ3n) is 31.6. The van der Waals surface area contributed by atoms with Crippen LogP contribution in [0.1, 0.15) is 203 Å². The number of halogens is 7. The van der Waals surface area contributed by atoms with Crippen molar-refractivity contribution >= 4 is 139 Å². The zero-order chi connectivity index (χ0) is 103. The standard InChI is InChI=1S/C26H27FN4O.C25H24BrClN2.C25H27BrFN3O.C24H22ClN3O.C24H22FN3O/c27-24-3-1-2-23(26-30-11-12-31(26)17-18-6-9-29-10-7-18)22(24)5-4-20-14-19(16-28)15-21-8-13-32-25(20)21;26-18-14-16-6-1-2-7-19(16)17(15-18)12-13-20-21(8-5-9-22(20)27)25-28-23-10-3-4-11-24(23)29-25;26-20-14-18(24-19(15-20)8-13-31-24)4-5-21-22(2-1-3-23(21)27)25-29-11-12-30(25)16-17-6-9-28-10-7-17;2*25-20-5-3-4-19(24-27-21-6-1-2-7-22(21)28-24)18(20)9-8-16-12-15(14-26)13-17-10-11-29-23(16)17/h1-3,8,13-15,18,29H,4-7,9-12,17H2;1-2,5-9,14-15,23-24H,3-4,10-13H2,(H,28,29);1-3,8,13-15,17,28H,4-7,9-12,16H2;2*3-5,10-13,21-22H,1-2,6-9H2,(H,27,28). The Morgan fingerprint density at radius 1 is 0.340 bits per heavy atom. The molecule has 150 heavy (non-hydrogen) atoms. The zero-order valence-electron chi connectivity index (χ0n) is 84.2. The fraction of sp³-hybridized carbons (Fsp3) is 0.355. The highest BCUT2D eigenvalue weighted by atomic mass is 79.9. The van der Waals surface area contributed by atoms with Crippen LogP contribution in [0.5, 0.6) is 0 Å². The van der Waals surface area contributed by atoms with Crippen LogP contribution in [0.15, 0.2) is 277 Å². The Balaban J connectivity index is 0.000000110. The van der Waals surface area contributed by atoms with Crippen LogP contribution in [0, 0.1) is 63.3 Å². The van der Waals surface area contributed by atoms with Gasteiger partial charge in [-0.1, -0.05) is 179 Å². The average molecular weight is 2170 g/mol. The Morgan fingerprint density at radius 3 is 1.06 bits per heavy atom. The number of amidine groups is 5. The first-order valence-corrected chi connectivity index (χ1v) is 55.9. The lowest BCUT2D eigenvalue weighted by Crippen LogP contribution is -2.38. The second-order valence-corrected chi connectivity index (χ2v) is 43.9. The van der Waals surface area contributed by atoms with Gasteiger partial charge >= 0.3 is 0 Å². The predicted molar refractivity (Wildman–Crippen MR) is 602 cm³/mol. The molecule has 6 unspecified atom stereocenters. The van der Waals surface area contributed by atoms with E-state index in [9.17, 15) is 20.2 Å². The van der Waals surface area contributed by atoms with E-state index in [1.54, 1.807) is 43.3 Å². The molecule has 7 aliphatic heterocycles. The summed E-state index contributed by atoms with van der Waals surface area (Å²) in [6.45, 7) is 9.66. The normalized spacial score (nSPS) is 19.3. The minimum atomic E-state index is -0.214. The fourth-order valence-corrected chi connectivity index (χ4v) is 25.6. The SMILES string of the molecule is Clc1cccc(C2=NC3CCCCC3N2)c1CCc1cc(Br)cc2ccccc12.Fc1cccc(C2=NCCN2CC2CCNCC2)c1CCc1cc(Br)cc2ccoc12.N#Cc1cc(CCc2c(Cl)cccc2C2=NC3CCCCC3N2)c2occc2c1.N#Cc1cc(CCc2c(F)cccc2C2=NC3CCCCC3N2)c2occc2c1.N#Cc1cc(CCc2c(F)cccc2C2=NCCN2CC2CCNCC2)c2occc2c1. The van der Waals surface area contributed by atoms with Gasteiger partial charge in [-0.3, -0.25) is 25.0 Å². The van der Waals surface area contributed by atoms with Crippen molar-refractivity contribution in [1.29, 1.82) is 15.8 Å². The number of hydrogen-bond acceptors (Lipinski definition) is 19. The maximum Gasteiger partial charge on any atom is 0.137 e. The number of nitriles is 3. The minimum absolute atomic E-state index is 0.153. The van der Waals surface area contributed by atoms with Gasteiger partial charge in [0.1, 0.15) is 69.0 Å². The first-order chi connectivity index (χ1) is 73.5. The number of piperidine rings is 2. The smallest absolute Gasteiger partial charge is 0.137 e. The largest absolute Gasteiger partial charge is 0.464 e. The molecule has 0 bridgehead atoms. The van der Waals surface area contributed by atoms with E-state index in [-0.39, 0.29) is 17.5 Å². The zero-order valence-corrected chi connectivity index (χ0v) is 88.9. The van der Waals surface area contributed by atoms with Crippen molar-refractivity contribution < 1.29 is 30.8 Å². The van der Waals surface area contributed by atoms with Crippen molar-refractivity contribution in [1.82, 2.24) is 36.4 Å². The van der Waals surface area contributed by atoms with Crippen molar-refractivity contribution in [2.45, 2.75) is 203 Å². The third-order valence-corrected chi connectivity index (χ3v) is 33.2. The van der Waals surface area contributed by atoms with Crippen LogP contribution in [0.2, 0.25) is 10.0 Å². The number of fused-ring (bicyclic) bond motifs is 8. The van der Waals surface area contributed by atoms with Gasteiger partial charge in [-0.2, -0.15) is 15.8 Å². The lowest BCUT2D eigenvalue weighted by molar-refractivity contribution is 0.295. The molecule has 766 valence electrons. The van der Waals surface area contributed by atoms with Crippen molar-refractivity contribution in [3.8, 4) is 18.2 Å². The van der Waals surface area contributed by atoms with E-state index in [0.29, 0.717) is 114 Å². The molecule has 3 saturated carbocycles. The lowest BCUT2D eigenvalue weighted by atomic mass is 9.92. The van der Waals surface area contributed by atoms with E-state index >= 15 is 8.78 Å². The second-order valence-electron chi connectivity index (χ2n) is 41.2. The van der Waals surface area contributed by atoms with Gasteiger partial charge in [-0.25, -0.2) is 13.2 Å². The monoisotopic (exact) mass is 2170 g/mol. The highest BCUT2D eigenvalue weighted by Gasteiger charge is 2.38. The number of benzene rings is 11. The van der Waals surface area contributed by atoms with Gasteiger partial charge in [0.2, 0.25) is 0 Å². The van der Waals surface area contributed by atoms with Crippen LogP contribution in [0.4, 0.5) is 13.2 Å². The molecule has 0 spiro atoms. The van der Waals surface area contributed by atoms with Crippen LogP contribution in [0.25, 0.3) is 54.6 Å². The Kier molecular flexibility index (Phi) is 32.9. The predicted octanol–water partition coefficient (Wildman–Crippen LogP) is 26.5. The number of rotatable bonds is 24. The molecule has 3 aliphatic carbocycles. The summed E-state index contributed by atoms with van der Waals surface area (Å²) in [6, 6.07) is 73.1. The summed E-state index contributed by atoms with van der Waals surface area (Å²) < 4.78 is 69.7. The van der Waals surface area contributed by atoms with Crippen LogP contribution in [-0.2, 0) is 64.2 Å². The second kappa shape index (κ2) is 48.0. The number of nitrogens with zero attached hydrogens (tertiary/aromatic N) is 10. The van der Waals surface area contributed by atoms with Crippen LogP contribution in [-0.4, -0.2) is 141 Å². The molecule has 19 nitrogen and oxygen atoms in total. The van der Waals surface area contributed by atoms with Crippen molar-refractivity contribution in [3.63, 3.8) is 0 Å². The topological polar surface area (TPSA) is 252 Å². The molecule has 26 heteroatoms. The lowest BCUT2D eigenvalue weighted by Gasteiger charge is -2.30. The molecule has 2 saturated heterocycles. The van der Waals surface area contributed by atoms with Gasteiger partial charge in [0.15, 0.2) is 0 Å². The number of aryl methyl sites for hydroxylation is 5. The molecule has 5 N–H and O–H groups in total. The summed E-state index contributed by atoms with van der Waals surface area (Å²) in [5.41, 5.74) is 19.8. The summed E-state index contributed by atoms with van der Waals surface area (Å²) >= 11 is 20.6. The number of hydrogen-bond donors (Lipinski definition) is 5.